The molecule has 0 spiro atoms. The highest BCUT2D eigenvalue weighted by atomic mass is 32.2. The van der Waals surface area contributed by atoms with Crippen LogP contribution in [-0.4, -0.2) is 61.8 Å². The number of hydrogen-bond donors (Lipinski definition) is 1. The second-order valence-electron chi connectivity index (χ2n) is 8.15. The number of carbonyl (C=O) groups is 1. The van der Waals surface area contributed by atoms with Gasteiger partial charge in [-0.3, -0.25) is 9.69 Å². The van der Waals surface area contributed by atoms with Crippen molar-refractivity contribution in [2.45, 2.75) is 52.6 Å². The molecule has 1 heterocycles. The van der Waals surface area contributed by atoms with Crippen molar-refractivity contribution in [1.29, 1.82) is 0 Å². The van der Waals surface area contributed by atoms with Crippen molar-refractivity contribution >= 4 is 22.0 Å². The predicted octanol–water partition coefficient (Wildman–Crippen LogP) is 2.93. The fourth-order valence-electron chi connectivity index (χ4n) is 3.75. The Morgan fingerprint density at radius 1 is 1.14 bits per heavy atom. The molecule has 1 aromatic carbocycles. The van der Waals surface area contributed by atoms with E-state index in [9.17, 15) is 13.2 Å². The number of benzene rings is 1. The first-order valence-corrected chi connectivity index (χ1v) is 12.0. The summed E-state index contributed by atoms with van der Waals surface area (Å²) >= 11 is 0. The molecule has 1 aliphatic heterocycles. The molecule has 1 amide bonds. The first kappa shape index (κ1) is 23.6. The van der Waals surface area contributed by atoms with E-state index in [1.165, 1.54) is 9.71 Å². The van der Waals surface area contributed by atoms with Gasteiger partial charge in [0.15, 0.2) is 0 Å². The second kappa shape index (κ2) is 10.9. The topological polar surface area (TPSA) is 69.7 Å². The highest BCUT2D eigenvalue weighted by Crippen LogP contribution is 2.21. The van der Waals surface area contributed by atoms with Gasteiger partial charge in [0.2, 0.25) is 15.9 Å². The van der Waals surface area contributed by atoms with Gasteiger partial charge in [-0.25, -0.2) is 8.42 Å². The standard InChI is InChI=1S/C22H35N3O3S/c1-18(2)25(19(3)4)16-13-23-22(26)21-10-14-24(15-11-21)29(27,28)17-12-20-8-6-5-7-9-20/h5-9,12,17-19,21H,10-11,13-16H2,1-4H3,(H,23,26)/b17-12-. The largest absolute Gasteiger partial charge is 0.355 e. The maximum Gasteiger partial charge on any atom is 0.236 e. The van der Waals surface area contributed by atoms with E-state index in [4.69, 9.17) is 0 Å². The molecule has 0 radical (unpaired) electrons. The molecular weight excluding hydrogens is 386 g/mol. The van der Waals surface area contributed by atoms with Crippen molar-refractivity contribution in [1.82, 2.24) is 14.5 Å². The Kier molecular flexibility index (Phi) is 8.86. The Bertz CT molecular complexity index is 760. The minimum atomic E-state index is -3.46. The highest BCUT2D eigenvalue weighted by Gasteiger charge is 2.29. The molecule has 0 aromatic heterocycles. The first-order valence-electron chi connectivity index (χ1n) is 10.5. The molecule has 1 aromatic rings. The van der Waals surface area contributed by atoms with Gasteiger partial charge < -0.3 is 5.32 Å². The lowest BCUT2D eigenvalue weighted by Gasteiger charge is -2.32. The van der Waals surface area contributed by atoms with Crippen LogP contribution >= 0.6 is 0 Å². The number of nitrogens with one attached hydrogen (secondary N) is 1. The van der Waals surface area contributed by atoms with E-state index >= 15 is 0 Å². The molecule has 7 heteroatoms. The summed E-state index contributed by atoms with van der Waals surface area (Å²) in [7, 11) is -3.46. The number of hydrogen-bond acceptors (Lipinski definition) is 4. The molecule has 1 N–H and O–H groups in total. The lowest BCUT2D eigenvalue weighted by atomic mass is 9.97. The van der Waals surface area contributed by atoms with E-state index < -0.39 is 10.0 Å². The van der Waals surface area contributed by atoms with Crippen LogP contribution < -0.4 is 5.32 Å². The number of rotatable bonds is 9. The summed E-state index contributed by atoms with van der Waals surface area (Å²) in [6.07, 6.45) is 2.73. The summed E-state index contributed by atoms with van der Waals surface area (Å²) in [5, 5.41) is 4.29. The number of sulfonamides is 1. The van der Waals surface area contributed by atoms with Crippen LogP contribution in [0.4, 0.5) is 0 Å². The minimum absolute atomic E-state index is 0.0364. The molecule has 29 heavy (non-hydrogen) atoms. The molecule has 2 rings (SSSR count). The third-order valence-corrected chi connectivity index (χ3v) is 6.98. The van der Waals surface area contributed by atoms with Crippen LogP contribution in [0.3, 0.4) is 0 Å². The lowest BCUT2D eigenvalue weighted by molar-refractivity contribution is -0.126. The zero-order valence-electron chi connectivity index (χ0n) is 18.0. The average Bonchev–Trinajstić information content (AvgIpc) is 2.70. The second-order valence-corrected chi connectivity index (χ2v) is 9.97. The van der Waals surface area contributed by atoms with E-state index in [2.05, 4.69) is 37.9 Å². The normalized spacial score (nSPS) is 16.9. The van der Waals surface area contributed by atoms with Crippen LogP contribution in [0, 0.1) is 5.92 Å². The zero-order chi connectivity index (χ0) is 21.4. The smallest absolute Gasteiger partial charge is 0.236 e. The van der Waals surface area contributed by atoms with Crippen LogP contribution in [0.5, 0.6) is 0 Å². The van der Waals surface area contributed by atoms with Crippen LogP contribution in [0.2, 0.25) is 0 Å². The fourth-order valence-corrected chi connectivity index (χ4v) is 4.97. The number of amides is 1. The molecule has 0 bridgehead atoms. The van der Waals surface area contributed by atoms with Gasteiger partial charge in [0.05, 0.1) is 0 Å². The maximum absolute atomic E-state index is 12.5. The van der Waals surface area contributed by atoms with Crippen molar-refractivity contribution < 1.29 is 13.2 Å². The van der Waals surface area contributed by atoms with E-state index in [0.29, 0.717) is 44.6 Å². The van der Waals surface area contributed by atoms with E-state index in [-0.39, 0.29) is 11.8 Å². The van der Waals surface area contributed by atoms with Gasteiger partial charge in [-0.05, 0) is 52.2 Å². The molecule has 6 nitrogen and oxygen atoms in total. The van der Waals surface area contributed by atoms with Crippen LogP contribution in [0.25, 0.3) is 6.08 Å². The van der Waals surface area contributed by atoms with Crippen molar-refractivity contribution in [2.24, 2.45) is 5.92 Å². The van der Waals surface area contributed by atoms with Gasteiger partial charge in [0, 0.05) is 49.6 Å². The Morgan fingerprint density at radius 2 is 1.72 bits per heavy atom. The summed E-state index contributed by atoms with van der Waals surface area (Å²) in [5.41, 5.74) is 0.849. The van der Waals surface area contributed by atoms with Gasteiger partial charge in [0.1, 0.15) is 0 Å². The minimum Gasteiger partial charge on any atom is -0.355 e. The summed E-state index contributed by atoms with van der Waals surface area (Å²) in [5.74, 6) is -0.0829. The van der Waals surface area contributed by atoms with Crippen LogP contribution in [0.15, 0.2) is 35.7 Å². The SMILES string of the molecule is CC(C)N(CCNC(=O)C1CCN(S(=O)(=O)/C=C\c2ccccc2)CC1)C(C)C. The molecule has 0 unspecified atom stereocenters. The summed E-state index contributed by atoms with van der Waals surface area (Å²) in [6.45, 7) is 10.8. The van der Waals surface area contributed by atoms with Gasteiger partial charge in [-0.1, -0.05) is 30.3 Å². The number of piperidine rings is 1. The monoisotopic (exact) mass is 421 g/mol. The molecular formula is C22H35N3O3S. The third kappa shape index (κ3) is 7.24. The maximum atomic E-state index is 12.5. The van der Waals surface area contributed by atoms with Crippen LogP contribution in [-0.2, 0) is 14.8 Å². The Labute approximate surface area is 176 Å². The molecule has 162 valence electrons. The van der Waals surface area contributed by atoms with Gasteiger partial charge >= 0.3 is 0 Å². The quantitative estimate of drug-likeness (QED) is 0.666. The molecule has 0 saturated carbocycles. The Hall–Kier alpha value is -1.70. The summed E-state index contributed by atoms with van der Waals surface area (Å²) < 4.78 is 26.6. The number of nitrogens with zero attached hydrogens (tertiary/aromatic N) is 2. The Morgan fingerprint density at radius 3 is 2.28 bits per heavy atom. The lowest BCUT2D eigenvalue weighted by Crippen LogP contribution is -2.45. The molecule has 0 aliphatic carbocycles. The third-order valence-electron chi connectivity index (χ3n) is 5.41. The van der Waals surface area contributed by atoms with Gasteiger partial charge in [-0.2, -0.15) is 4.31 Å². The van der Waals surface area contributed by atoms with Gasteiger partial charge in [-0.15, -0.1) is 0 Å². The highest BCUT2D eigenvalue weighted by molar-refractivity contribution is 7.92. The summed E-state index contributed by atoms with van der Waals surface area (Å²) in [4.78, 5) is 14.8. The molecule has 0 atom stereocenters. The van der Waals surface area contributed by atoms with Crippen LogP contribution in [0.1, 0.15) is 46.1 Å². The fraction of sp³-hybridized carbons (Fsp3) is 0.591. The van der Waals surface area contributed by atoms with Gasteiger partial charge in [0.25, 0.3) is 0 Å². The van der Waals surface area contributed by atoms with E-state index in [1.807, 2.05) is 30.3 Å². The van der Waals surface area contributed by atoms with Crippen molar-refractivity contribution in [3.63, 3.8) is 0 Å². The van der Waals surface area contributed by atoms with E-state index in [1.54, 1.807) is 6.08 Å². The molecule has 1 saturated heterocycles. The first-order chi connectivity index (χ1) is 13.7. The molecule has 1 fully saturated rings. The molecule has 1 aliphatic rings. The number of carbonyl (C=O) groups excluding carboxylic acids is 1. The van der Waals surface area contributed by atoms with Crippen molar-refractivity contribution in [3.8, 4) is 0 Å². The zero-order valence-corrected chi connectivity index (χ0v) is 18.9. The summed E-state index contributed by atoms with van der Waals surface area (Å²) in [6, 6.07) is 10.2. The average molecular weight is 422 g/mol. The van der Waals surface area contributed by atoms with Crippen molar-refractivity contribution in [2.75, 3.05) is 26.2 Å². The Balaban J connectivity index is 1.80. The predicted molar refractivity (Wildman–Crippen MR) is 119 cm³/mol. The van der Waals surface area contributed by atoms with E-state index in [0.717, 1.165) is 12.1 Å². The van der Waals surface area contributed by atoms with Crippen molar-refractivity contribution in [3.05, 3.63) is 41.3 Å².